The lowest BCUT2D eigenvalue weighted by Crippen LogP contribution is -2.22. The summed E-state index contributed by atoms with van der Waals surface area (Å²) in [5, 5.41) is 9.69. The van der Waals surface area contributed by atoms with Gasteiger partial charge in [-0.2, -0.15) is 0 Å². The van der Waals surface area contributed by atoms with Crippen molar-refractivity contribution in [2.45, 2.75) is 17.9 Å². The molecule has 0 radical (unpaired) electrons. The standard InChI is InChI=1S/C27H24N2O7S/c1-29(2)37(34,35)23-10-5-18(6-11-23)16-36-27(33)20-9-12-24-21(14-20)15-22(25(30)28-24)13-17-3-7-19(8-4-17)26(31)32/h3-12,14-15H,13,16H2,1-2H3,(H,28,30)(H,31,32). The van der Waals surface area contributed by atoms with Gasteiger partial charge in [0.15, 0.2) is 0 Å². The minimum Gasteiger partial charge on any atom is -0.478 e. The topological polar surface area (TPSA) is 134 Å². The Morgan fingerprint density at radius 2 is 1.51 bits per heavy atom. The highest BCUT2D eigenvalue weighted by atomic mass is 32.2. The highest BCUT2D eigenvalue weighted by Gasteiger charge is 2.17. The second kappa shape index (κ2) is 10.4. The maximum atomic E-state index is 12.7. The van der Waals surface area contributed by atoms with Gasteiger partial charge in [-0.3, -0.25) is 4.79 Å². The Bertz CT molecular complexity index is 1640. The van der Waals surface area contributed by atoms with E-state index < -0.39 is 22.0 Å². The first-order valence-electron chi connectivity index (χ1n) is 11.2. The minimum absolute atomic E-state index is 0.0393. The number of aromatic nitrogens is 1. The van der Waals surface area contributed by atoms with Crippen molar-refractivity contribution in [1.82, 2.24) is 9.29 Å². The van der Waals surface area contributed by atoms with Crippen LogP contribution in [0.1, 0.15) is 37.4 Å². The van der Waals surface area contributed by atoms with Gasteiger partial charge in [0.25, 0.3) is 5.56 Å². The number of carbonyl (C=O) groups excluding carboxylic acids is 1. The van der Waals surface area contributed by atoms with Crippen molar-refractivity contribution in [1.29, 1.82) is 0 Å². The zero-order chi connectivity index (χ0) is 26.7. The largest absolute Gasteiger partial charge is 0.478 e. The Morgan fingerprint density at radius 3 is 2.14 bits per heavy atom. The monoisotopic (exact) mass is 520 g/mol. The number of pyridine rings is 1. The number of fused-ring (bicyclic) bond motifs is 1. The molecule has 0 amide bonds. The third kappa shape index (κ3) is 5.76. The van der Waals surface area contributed by atoms with Crippen LogP contribution in [0.3, 0.4) is 0 Å². The molecule has 0 unspecified atom stereocenters. The average Bonchev–Trinajstić information content (AvgIpc) is 2.88. The van der Waals surface area contributed by atoms with Crippen LogP contribution in [0.2, 0.25) is 0 Å². The summed E-state index contributed by atoms with van der Waals surface area (Å²) in [6.45, 7) is -0.0393. The van der Waals surface area contributed by atoms with E-state index in [4.69, 9.17) is 9.84 Å². The molecule has 10 heteroatoms. The van der Waals surface area contributed by atoms with E-state index in [0.29, 0.717) is 34.0 Å². The third-order valence-corrected chi connectivity index (χ3v) is 7.65. The predicted octanol–water partition coefficient (Wildman–Crippen LogP) is 3.42. The van der Waals surface area contributed by atoms with E-state index in [-0.39, 0.29) is 22.6 Å². The van der Waals surface area contributed by atoms with E-state index >= 15 is 0 Å². The van der Waals surface area contributed by atoms with Gasteiger partial charge in [-0.1, -0.05) is 24.3 Å². The van der Waals surface area contributed by atoms with Crippen molar-refractivity contribution in [2.75, 3.05) is 14.1 Å². The first-order chi connectivity index (χ1) is 17.5. The van der Waals surface area contributed by atoms with E-state index in [1.807, 2.05) is 0 Å². The fraction of sp³-hybridized carbons (Fsp3) is 0.148. The molecular weight excluding hydrogens is 496 g/mol. The van der Waals surface area contributed by atoms with Crippen LogP contribution in [0.4, 0.5) is 0 Å². The van der Waals surface area contributed by atoms with Gasteiger partial charge in [-0.25, -0.2) is 22.3 Å². The number of hydrogen-bond acceptors (Lipinski definition) is 6. The number of sulfonamides is 1. The molecule has 3 aromatic carbocycles. The Labute approximate surface area is 213 Å². The number of esters is 1. The quantitative estimate of drug-likeness (QED) is 0.340. The molecule has 0 atom stereocenters. The Kier molecular flexibility index (Phi) is 7.23. The Hall–Kier alpha value is -4.28. The number of benzene rings is 3. The summed E-state index contributed by atoms with van der Waals surface area (Å²) < 4.78 is 30.9. The van der Waals surface area contributed by atoms with E-state index in [1.165, 1.54) is 38.4 Å². The average molecular weight is 521 g/mol. The van der Waals surface area contributed by atoms with Crippen molar-refractivity contribution in [2.24, 2.45) is 0 Å². The summed E-state index contributed by atoms with van der Waals surface area (Å²) >= 11 is 0. The lowest BCUT2D eigenvalue weighted by molar-refractivity contribution is 0.0472. The molecule has 37 heavy (non-hydrogen) atoms. The van der Waals surface area contributed by atoms with Crippen LogP contribution in [0, 0.1) is 0 Å². The molecule has 4 aromatic rings. The zero-order valence-corrected chi connectivity index (χ0v) is 20.9. The smallest absolute Gasteiger partial charge is 0.338 e. The van der Waals surface area contributed by atoms with Crippen LogP contribution in [0.25, 0.3) is 10.9 Å². The van der Waals surface area contributed by atoms with E-state index in [0.717, 1.165) is 9.87 Å². The molecule has 0 bridgehead atoms. The molecule has 9 nitrogen and oxygen atoms in total. The number of hydrogen-bond donors (Lipinski definition) is 2. The first kappa shape index (κ1) is 25.8. The lowest BCUT2D eigenvalue weighted by Gasteiger charge is -2.12. The molecule has 0 aliphatic heterocycles. The number of carboxylic acid groups (broad SMARTS) is 1. The Morgan fingerprint density at radius 1 is 0.892 bits per heavy atom. The number of aromatic amines is 1. The minimum atomic E-state index is -3.54. The van der Waals surface area contributed by atoms with E-state index in [2.05, 4.69) is 4.98 Å². The van der Waals surface area contributed by atoms with Crippen LogP contribution >= 0.6 is 0 Å². The number of carboxylic acids is 1. The van der Waals surface area contributed by atoms with E-state index in [1.54, 1.807) is 48.5 Å². The number of carbonyl (C=O) groups is 2. The second-order valence-electron chi connectivity index (χ2n) is 8.61. The fourth-order valence-corrected chi connectivity index (χ4v) is 4.60. The lowest BCUT2D eigenvalue weighted by atomic mass is 10.0. The van der Waals surface area contributed by atoms with Crippen LogP contribution in [-0.2, 0) is 27.8 Å². The van der Waals surface area contributed by atoms with Crippen LogP contribution in [0.5, 0.6) is 0 Å². The molecule has 0 aliphatic carbocycles. The van der Waals surface area contributed by atoms with Gasteiger partial charge >= 0.3 is 11.9 Å². The summed E-state index contributed by atoms with van der Waals surface area (Å²) in [6, 6.07) is 18.9. The number of aromatic carboxylic acids is 1. The van der Waals surface area contributed by atoms with Crippen molar-refractivity contribution in [3.63, 3.8) is 0 Å². The van der Waals surface area contributed by atoms with E-state index in [9.17, 15) is 22.8 Å². The summed E-state index contributed by atoms with van der Waals surface area (Å²) in [7, 11) is -0.644. The molecule has 2 N–H and O–H groups in total. The van der Waals surface area contributed by atoms with Crippen molar-refractivity contribution in [3.8, 4) is 0 Å². The van der Waals surface area contributed by atoms with Gasteiger partial charge in [0.05, 0.1) is 16.0 Å². The van der Waals surface area contributed by atoms with Gasteiger partial charge in [0, 0.05) is 31.6 Å². The second-order valence-corrected chi connectivity index (χ2v) is 10.8. The van der Waals surface area contributed by atoms with Gasteiger partial charge in [0.2, 0.25) is 10.0 Å². The molecule has 1 heterocycles. The molecule has 1 aromatic heterocycles. The van der Waals surface area contributed by atoms with Gasteiger partial charge < -0.3 is 14.8 Å². The van der Waals surface area contributed by atoms with Gasteiger partial charge in [-0.05, 0) is 65.0 Å². The number of H-pyrrole nitrogens is 1. The number of ether oxygens (including phenoxy) is 1. The maximum Gasteiger partial charge on any atom is 0.338 e. The van der Waals surface area contributed by atoms with Crippen molar-refractivity contribution >= 4 is 32.9 Å². The summed E-state index contributed by atoms with van der Waals surface area (Å²) in [5.41, 5.74) is 2.61. The molecule has 4 rings (SSSR count). The molecular formula is C27H24N2O7S. The number of nitrogens with zero attached hydrogens (tertiary/aromatic N) is 1. The third-order valence-electron chi connectivity index (χ3n) is 5.82. The number of rotatable bonds is 8. The van der Waals surface area contributed by atoms with Gasteiger partial charge in [0.1, 0.15) is 6.61 Å². The highest BCUT2D eigenvalue weighted by Crippen LogP contribution is 2.18. The summed E-state index contributed by atoms with van der Waals surface area (Å²) in [5.74, 6) is -1.59. The van der Waals surface area contributed by atoms with Gasteiger partial charge in [-0.15, -0.1) is 0 Å². The zero-order valence-electron chi connectivity index (χ0n) is 20.1. The van der Waals surface area contributed by atoms with Crippen LogP contribution < -0.4 is 5.56 Å². The molecule has 0 saturated heterocycles. The molecule has 0 fully saturated rings. The maximum absolute atomic E-state index is 12.7. The van der Waals surface area contributed by atoms with Crippen LogP contribution in [-0.4, -0.2) is 48.8 Å². The highest BCUT2D eigenvalue weighted by molar-refractivity contribution is 7.89. The molecule has 190 valence electrons. The molecule has 0 spiro atoms. The fourth-order valence-electron chi connectivity index (χ4n) is 3.70. The normalized spacial score (nSPS) is 11.5. The summed E-state index contributed by atoms with van der Waals surface area (Å²) in [6.07, 6.45) is 0.291. The predicted molar refractivity (Wildman–Crippen MR) is 137 cm³/mol. The molecule has 0 saturated carbocycles. The first-order valence-corrected chi connectivity index (χ1v) is 12.7. The Balaban J connectivity index is 1.49. The SMILES string of the molecule is CN(C)S(=O)(=O)c1ccc(COC(=O)c2ccc3[nH]c(=O)c(Cc4ccc(C(=O)O)cc4)cc3c2)cc1. The van der Waals surface area contributed by atoms with Crippen LogP contribution in [0.15, 0.2) is 82.5 Å². The number of nitrogens with one attached hydrogen (secondary N) is 1. The molecule has 0 aliphatic rings. The van der Waals surface area contributed by atoms with Crippen molar-refractivity contribution in [3.05, 3.63) is 111 Å². The summed E-state index contributed by atoms with van der Waals surface area (Å²) in [4.78, 5) is 39.2. The van der Waals surface area contributed by atoms with Crippen molar-refractivity contribution < 1.29 is 27.9 Å².